The third-order valence-electron chi connectivity index (χ3n) is 2.98. The van der Waals surface area contributed by atoms with Gasteiger partial charge in [0.1, 0.15) is 5.54 Å². The van der Waals surface area contributed by atoms with Crippen molar-refractivity contribution in [2.75, 3.05) is 6.61 Å². The molecule has 92 valence electrons. The van der Waals surface area contributed by atoms with Gasteiger partial charge in [-0.25, -0.2) is 9.59 Å². The van der Waals surface area contributed by atoms with Crippen molar-refractivity contribution in [1.82, 2.24) is 5.32 Å². The van der Waals surface area contributed by atoms with Crippen molar-refractivity contribution in [1.29, 1.82) is 0 Å². The van der Waals surface area contributed by atoms with Crippen LogP contribution < -0.4 is 5.32 Å². The van der Waals surface area contributed by atoms with E-state index in [1.165, 1.54) is 0 Å². The number of carbonyl (C=O) groups excluding carboxylic acids is 1. The van der Waals surface area contributed by atoms with Crippen molar-refractivity contribution in [2.24, 2.45) is 0 Å². The average Bonchev–Trinajstić information content (AvgIpc) is 2.44. The SMILES string of the molecule is CCOC(=O)NC1(C(=O)O)CCCCCC1. The van der Waals surface area contributed by atoms with E-state index in [0.29, 0.717) is 12.8 Å². The summed E-state index contributed by atoms with van der Waals surface area (Å²) in [6.45, 7) is 1.95. The second-order valence-electron chi connectivity index (χ2n) is 4.15. The fourth-order valence-electron chi connectivity index (χ4n) is 2.09. The first-order chi connectivity index (χ1) is 7.60. The van der Waals surface area contributed by atoms with Crippen LogP contribution in [-0.2, 0) is 9.53 Å². The predicted molar refractivity (Wildman–Crippen MR) is 58.2 cm³/mol. The molecule has 0 aromatic heterocycles. The maximum absolute atomic E-state index is 11.3. The molecule has 1 aliphatic rings. The maximum atomic E-state index is 11.3. The highest BCUT2D eigenvalue weighted by molar-refractivity contribution is 5.84. The summed E-state index contributed by atoms with van der Waals surface area (Å²) in [7, 11) is 0. The largest absolute Gasteiger partial charge is 0.480 e. The molecule has 0 aromatic rings. The van der Waals surface area contributed by atoms with Crippen molar-refractivity contribution in [3.8, 4) is 0 Å². The summed E-state index contributed by atoms with van der Waals surface area (Å²) in [6.07, 6.45) is 4.06. The molecule has 0 aromatic carbocycles. The number of ether oxygens (including phenoxy) is 1. The Bertz CT molecular complexity index is 257. The Labute approximate surface area is 95.2 Å². The van der Waals surface area contributed by atoms with Crippen LogP contribution in [0.3, 0.4) is 0 Å². The molecule has 0 radical (unpaired) electrons. The summed E-state index contributed by atoms with van der Waals surface area (Å²) >= 11 is 0. The van der Waals surface area contributed by atoms with Crippen LogP contribution in [-0.4, -0.2) is 29.3 Å². The van der Waals surface area contributed by atoms with Gasteiger partial charge in [0, 0.05) is 0 Å². The van der Waals surface area contributed by atoms with Crippen LogP contribution in [0.4, 0.5) is 4.79 Å². The number of hydrogen-bond acceptors (Lipinski definition) is 3. The predicted octanol–water partition coefficient (Wildman–Crippen LogP) is 1.91. The standard InChI is InChI=1S/C11H19NO4/c1-2-16-10(15)12-11(9(13)14)7-5-3-4-6-8-11/h2-8H2,1H3,(H,12,15)(H,13,14). The normalized spacial score (nSPS) is 19.6. The molecule has 1 amide bonds. The van der Waals surface area contributed by atoms with E-state index in [4.69, 9.17) is 4.74 Å². The van der Waals surface area contributed by atoms with Gasteiger partial charge < -0.3 is 15.2 Å². The molecule has 5 nitrogen and oxygen atoms in total. The van der Waals surface area contributed by atoms with E-state index in [-0.39, 0.29) is 6.61 Å². The van der Waals surface area contributed by atoms with Crippen LogP contribution in [0.15, 0.2) is 0 Å². The Kier molecular flexibility index (Phi) is 4.58. The molecule has 2 N–H and O–H groups in total. The van der Waals surface area contributed by atoms with Gasteiger partial charge in [-0.1, -0.05) is 25.7 Å². The minimum atomic E-state index is -1.12. The molecule has 16 heavy (non-hydrogen) atoms. The van der Waals surface area contributed by atoms with E-state index in [0.717, 1.165) is 25.7 Å². The smallest absolute Gasteiger partial charge is 0.408 e. The lowest BCUT2D eigenvalue weighted by atomic mass is 9.90. The molecule has 1 rings (SSSR count). The maximum Gasteiger partial charge on any atom is 0.408 e. The van der Waals surface area contributed by atoms with Gasteiger partial charge in [0.05, 0.1) is 6.61 Å². The number of alkyl carbamates (subject to hydrolysis) is 1. The Morgan fingerprint density at radius 2 is 1.81 bits per heavy atom. The molecule has 0 spiro atoms. The molecule has 0 saturated heterocycles. The van der Waals surface area contributed by atoms with E-state index in [9.17, 15) is 14.7 Å². The Balaban J connectivity index is 2.70. The number of aliphatic carboxylic acids is 1. The molecular formula is C11H19NO4. The summed E-state index contributed by atoms with van der Waals surface area (Å²) < 4.78 is 4.75. The Hall–Kier alpha value is -1.26. The van der Waals surface area contributed by atoms with Crippen molar-refractivity contribution < 1.29 is 19.4 Å². The zero-order valence-corrected chi connectivity index (χ0v) is 9.62. The molecular weight excluding hydrogens is 210 g/mol. The highest BCUT2D eigenvalue weighted by Crippen LogP contribution is 2.27. The molecule has 1 saturated carbocycles. The van der Waals surface area contributed by atoms with Crippen molar-refractivity contribution in [3.63, 3.8) is 0 Å². The number of hydrogen-bond donors (Lipinski definition) is 2. The van der Waals surface area contributed by atoms with Gasteiger partial charge in [0.25, 0.3) is 0 Å². The van der Waals surface area contributed by atoms with Crippen LogP contribution >= 0.6 is 0 Å². The van der Waals surface area contributed by atoms with E-state index in [1.54, 1.807) is 6.92 Å². The van der Waals surface area contributed by atoms with Gasteiger partial charge in [-0.05, 0) is 19.8 Å². The lowest BCUT2D eigenvalue weighted by Crippen LogP contribution is -2.54. The molecule has 0 aliphatic heterocycles. The summed E-state index contributed by atoms with van der Waals surface area (Å²) in [5, 5.41) is 11.8. The number of nitrogens with one attached hydrogen (secondary N) is 1. The van der Waals surface area contributed by atoms with Crippen molar-refractivity contribution in [2.45, 2.75) is 51.0 Å². The van der Waals surface area contributed by atoms with Gasteiger partial charge in [-0.15, -0.1) is 0 Å². The Morgan fingerprint density at radius 1 is 1.25 bits per heavy atom. The van der Waals surface area contributed by atoms with E-state index in [1.807, 2.05) is 0 Å². The average molecular weight is 229 g/mol. The molecule has 0 atom stereocenters. The molecule has 1 fully saturated rings. The van der Waals surface area contributed by atoms with E-state index >= 15 is 0 Å². The zero-order chi connectivity index (χ0) is 12.0. The van der Waals surface area contributed by atoms with E-state index < -0.39 is 17.6 Å². The van der Waals surface area contributed by atoms with Crippen LogP contribution in [0.1, 0.15) is 45.4 Å². The van der Waals surface area contributed by atoms with Crippen LogP contribution in [0.25, 0.3) is 0 Å². The number of carboxylic acid groups (broad SMARTS) is 1. The minimum Gasteiger partial charge on any atom is -0.480 e. The third kappa shape index (κ3) is 3.12. The number of rotatable bonds is 3. The zero-order valence-electron chi connectivity index (χ0n) is 9.62. The topological polar surface area (TPSA) is 75.6 Å². The summed E-state index contributed by atoms with van der Waals surface area (Å²) in [4.78, 5) is 22.6. The van der Waals surface area contributed by atoms with Crippen LogP contribution in [0, 0.1) is 0 Å². The summed E-state index contributed by atoms with van der Waals surface area (Å²) in [6, 6.07) is 0. The summed E-state index contributed by atoms with van der Waals surface area (Å²) in [5.41, 5.74) is -1.12. The van der Waals surface area contributed by atoms with Gasteiger partial charge >= 0.3 is 12.1 Å². The van der Waals surface area contributed by atoms with Gasteiger partial charge in [-0.2, -0.15) is 0 Å². The van der Waals surface area contributed by atoms with Gasteiger partial charge in [-0.3, -0.25) is 0 Å². The lowest BCUT2D eigenvalue weighted by Gasteiger charge is -2.28. The highest BCUT2D eigenvalue weighted by Gasteiger charge is 2.40. The number of carbonyl (C=O) groups is 2. The number of carboxylic acids is 1. The highest BCUT2D eigenvalue weighted by atomic mass is 16.5. The van der Waals surface area contributed by atoms with Gasteiger partial charge in [0.2, 0.25) is 0 Å². The fraction of sp³-hybridized carbons (Fsp3) is 0.818. The van der Waals surface area contributed by atoms with Crippen molar-refractivity contribution in [3.05, 3.63) is 0 Å². The van der Waals surface area contributed by atoms with E-state index in [2.05, 4.69) is 5.32 Å². The first-order valence-corrected chi connectivity index (χ1v) is 5.79. The first-order valence-electron chi connectivity index (χ1n) is 5.79. The number of amides is 1. The molecule has 0 unspecified atom stereocenters. The molecule has 1 aliphatic carbocycles. The molecule has 0 heterocycles. The van der Waals surface area contributed by atoms with Crippen LogP contribution in [0.5, 0.6) is 0 Å². The fourth-order valence-corrected chi connectivity index (χ4v) is 2.09. The first kappa shape index (κ1) is 12.8. The monoisotopic (exact) mass is 229 g/mol. The van der Waals surface area contributed by atoms with Gasteiger partial charge in [0.15, 0.2) is 0 Å². The third-order valence-corrected chi connectivity index (χ3v) is 2.98. The minimum absolute atomic E-state index is 0.252. The lowest BCUT2D eigenvalue weighted by molar-refractivity contribution is -0.145. The molecule has 0 bridgehead atoms. The van der Waals surface area contributed by atoms with Crippen molar-refractivity contribution >= 4 is 12.1 Å². The second kappa shape index (κ2) is 5.72. The Morgan fingerprint density at radius 3 is 2.25 bits per heavy atom. The molecule has 5 heteroatoms. The summed E-state index contributed by atoms with van der Waals surface area (Å²) in [5.74, 6) is -0.956. The second-order valence-corrected chi connectivity index (χ2v) is 4.15. The van der Waals surface area contributed by atoms with Crippen LogP contribution in [0.2, 0.25) is 0 Å². The quantitative estimate of drug-likeness (QED) is 0.725.